The van der Waals surface area contributed by atoms with Crippen LogP contribution in [-0.4, -0.2) is 55.7 Å². The summed E-state index contributed by atoms with van der Waals surface area (Å²) < 4.78 is 7.87. The van der Waals surface area contributed by atoms with Gasteiger partial charge in [-0.2, -0.15) is 0 Å². The number of imidazole rings is 1. The van der Waals surface area contributed by atoms with Gasteiger partial charge in [0.25, 0.3) is 0 Å². The van der Waals surface area contributed by atoms with Crippen LogP contribution in [0.3, 0.4) is 0 Å². The maximum atomic E-state index is 5.77. The highest BCUT2D eigenvalue weighted by atomic mass is 16.4. The van der Waals surface area contributed by atoms with Crippen molar-refractivity contribution in [3.8, 4) is 0 Å². The van der Waals surface area contributed by atoms with E-state index >= 15 is 0 Å². The van der Waals surface area contributed by atoms with Crippen molar-refractivity contribution in [2.75, 3.05) is 20.1 Å². The number of likely N-dealkylation sites (N-methyl/N-ethyl adjacent to an activating group) is 1. The highest BCUT2D eigenvalue weighted by Crippen LogP contribution is 2.39. The largest absolute Gasteiger partial charge is 0.424 e. The lowest BCUT2D eigenvalue weighted by atomic mass is 10.2. The number of rotatable bonds is 6. The summed E-state index contributed by atoms with van der Waals surface area (Å²) in [5.41, 5.74) is 0. The van der Waals surface area contributed by atoms with Crippen molar-refractivity contribution in [2.24, 2.45) is 7.05 Å². The summed E-state index contributed by atoms with van der Waals surface area (Å²) in [6.07, 6.45) is 7.43. The second kappa shape index (κ2) is 6.05. The lowest BCUT2D eigenvalue weighted by Gasteiger charge is -2.23. The number of likely N-dealkylation sites (tertiary alicyclic amines) is 1. The maximum Gasteiger partial charge on any atom is 0.230 e. The molecule has 1 saturated carbocycles. The van der Waals surface area contributed by atoms with Gasteiger partial charge in [-0.3, -0.25) is 9.80 Å². The molecule has 1 aliphatic heterocycles. The van der Waals surface area contributed by atoms with Crippen molar-refractivity contribution in [1.82, 2.24) is 29.5 Å². The van der Waals surface area contributed by atoms with E-state index in [2.05, 4.69) is 43.6 Å². The fourth-order valence-electron chi connectivity index (χ4n) is 3.23. The van der Waals surface area contributed by atoms with Crippen LogP contribution in [0.15, 0.2) is 16.8 Å². The lowest BCUT2D eigenvalue weighted by Crippen LogP contribution is -2.34. The quantitative estimate of drug-likeness (QED) is 0.802. The zero-order chi connectivity index (χ0) is 15.8. The molecule has 2 aromatic rings. The van der Waals surface area contributed by atoms with Crippen LogP contribution in [0.1, 0.15) is 42.8 Å². The van der Waals surface area contributed by atoms with Gasteiger partial charge in [-0.1, -0.05) is 0 Å². The third-order valence-electron chi connectivity index (χ3n) is 4.95. The molecule has 0 bridgehead atoms. The Kier molecular flexibility index (Phi) is 3.90. The van der Waals surface area contributed by atoms with Crippen LogP contribution in [0.25, 0.3) is 0 Å². The minimum atomic E-state index is 0.529. The van der Waals surface area contributed by atoms with Crippen molar-refractivity contribution in [3.05, 3.63) is 30.0 Å². The normalized spacial score (nSPS) is 22.3. The van der Waals surface area contributed by atoms with Crippen LogP contribution < -0.4 is 0 Å². The molecule has 7 nitrogen and oxygen atoms in total. The average Bonchev–Trinajstić information content (AvgIpc) is 2.94. The molecular formula is C16H24N6O. The fraction of sp³-hybridized carbons (Fsp3) is 0.688. The Hall–Kier alpha value is -1.73. The van der Waals surface area contributed by atoms with E-state index in [-0.39, 0.29) is 0 Å². The molecule has 2 aromatic heterocycles. The van der Waals surface area contributed by atoms with Gasteiger partial charge in [0, 0.05) is 44.5 Å². The predicted molar refractivity (Wildman–Crippen MR) is 84.6 cm³/mol. The van der Waals surface area contributed by atoms with Gasteiger partial charge in [-0.15, -0.1) is 10.2 Å². The first-order valence-corrected chi connectivity index (χ1v) is 8.40. The summed E-state index contributed by atoms with van der Waals surface area (Å²) >= 11 is 0. The number of aromatic nitrogens is 4. The predicted octanol–water partition coefficient (Wildman–Crippen LogP) is 1.39. The third-order valence-corrected chi connectivity index (χ3v) is 4.95. The van der Waals surface area contributed by atoms with Crippen molar-refractivity contribution in [1.29, 1.82) is 0 Å². The zero-order valence-electron chi connectivity index (χ0n) is 13.9. The summed E-state index contributed by atoms with van der Waals surface area (Å²) in [6.45, 7) is 3.83. The van der Waals surface area contributed by atoms with Crippen molar-refractivity contribution >= 4 is 0 Å². The van der Waals surface area contributed by atoms with E-state index in [0.29, 0.717) is 12.0 Å². The highest BCUT2D eigenvalue weighted by Gasteiger charge is 2.30. The van der Waals surface area contributed by atoms with Gasteiger partial charge in [0.1, 0.15) is 5.82 Å². The number of hydrogen-bond donors (Lipinski definition) is 0. The Labute approximate surface area is 136 Å². The minimum absolute atomic E-state index is 0.529. The molecule has 1 atom stereocenters. The van der Waals surface area contributed by atoms with Gasteiger partial charge >= 0.3 is 0 Å². The van der Waals surface area contributed by atoms with Crippen LogP contribution in [0.4, 0.5) is 0 Å². The first kappa shape index (κ1) is 14.8. The van der Waals surface area contributed by atoms with Gasteiger partial charge in [0.2, 0.25) is 11.8 Å². The standard InChI is InChI=1S/C16H24N6O/c1-20-8-6-17-14(20)10-22-7-5-13(9-22)21(2)11-15-18-19-16(23-15)12-3-4-12/h6,8,12-13H,3-5,7,9-11H2,1-2H3/t13-/m0/s1. The molecule has 2 aliphatic rings. The second-order valence-corrected chi connectivity index (χ2v) is 6.86. The Bertz CT molecular complexity index is 661. The molecule has 0 aromatic carbocycles. The number of nitrogens with zero attached hydrogens (tertiary/aromatic N) is 6. The SMILES string of the molecule is CN(Cc1nnc(C2CC2)o1)[C@H]1CCN(Cc2nccn2C)C1. The third kappa shape index (κ3) is 3.30. The van der Waals surface area contributed by atoms with E-state index < -0.39 is 0 Å². The van der Waals surface area contributed by atoms with Crippen molar-refractivity contribution in [3.63, 3.8) is 0 Å². The lowest BCUT2D eigenvalue weighted by molar-refractivity contribution is 0.202. The molecule has 23 heavy (non-hydrogen) atoms. The average molecular weight is 316 g/mol. The molecule has 0 spiro atoms. The summed E-state index contributed by atoms with van der Waals surface area (Å²) in [4.78, 5) is 9.22. The monoisotopic (exact) mass is 316 g/mol. The molecule has 4 rings (SSSR count). The van der Waals surface area contributed by atoms with Crippen molar-refractivity contribution < 1.29 is 4.42 Å². The van der Waals surface area contributed by atoms with Gasteiger partial charge in [-0.25, -0.2) is 4.98 Å². The van der Waals surface area contributed by atoms with Gasteiger partial charge in [-0.05, 0) is 26.3 Å². The molecule has 0 amide bonds. The molecule has 0 unspecified atom stereocenters. The molecule has 0 N–H and O–H groups in total. The minimum Gasteiger partial charge on any atom is -0.424 e. The maximum absolute atomic E-state index is 5.77. The summed E-state index contributed by atoms with van der Waals surface area (Å²) in [5, 5.41) is 8.36. The van der Waals surface area contributed by atoms with Crippen LogP contribution in [0.2, 0.25) is 0 Å². The first-order chi connectivity index (χ1) is 11.2. The van der Waals surface area contributed by atoms with E-state index in [1.54, 1.807) is 0 Å². The molecule has 2 fully saturated rings. The van der Waals surface area contributed by atoms with Crippen LogP contribution >= 0.6 is 0 Å². The molecule has 0 radical (unpaired) electrons. The van der Waals surface area contributed by atoms with Gasteiger partial charge in [0.15, 0.2) is 0 Å². The summed E-state index contributed by atoms with van der Waals surface area (Å²) in [7, 11) is 4.20. The van der Waals surface area contributed by atoms with Gasteiger partial charge in [0.05, 0.1) is 13.1 Å². The van der Waals surface area contributed by atoms with E-state index in [9.17, 15) is 0 Å². The Morgan fingerprint density at radius 3 is 2.91 bits per heavy atom. The Balaban J connectivity index is 1.30. The molecule has 124 valence electrons. The zero-order valence-corrected chi connectivity index (χ0v) is 13.9. The molecule has 7 heteroatoms. The first-order valence-electron chi connectivity index (χ1n) is 8.40. The van der Waals surface area contributed by atoms with Crippen molar-refractivity contribution in [2.45, 2.75) is 44.3 Å². The molecule has 1 aliphatic carbocycles. The molecule has 3 heterocycles. The molecular weight excluding hydrogens is 292 g/mol. The topological polar surface area (TPSA) is 63.2 Å². The van der Waals surface area contributed by atoms with Crippen LogP contribution in [-0.2, 0) is 20.1 Å². The molecule has 1 saturated heterocycles. The Morgan fingerprint density at radius 2 is 2.17 bits per heavy atom. The smallest absolute Gasteiger partial charge is 0.230 e. The van der Waals surface area contributed by atoms with E-state index in [0.717, 1.165) is 43.8 Å². The van der Waals surface area contributed by atoms with Gasteiger partial charge < -0.3 is 8.98 Å². The van der Waals surface area contributed by atoms with E-state index in [4.69, 9.17) is 4.42 Å². The number of hydrogen-bond acceptors (Lipinski definition) is 6. The Morgan fingerprint density at radius 1 is 1.30 bits per heavy atom. The summed E-state index contributed by atoms with van der Waals surface area (Å²) in [5.74, 6) is 3.23. The van der Waals surface area contributed by atoms with Crippen LogP contribution in [0.5, 0.6) is 0 Å². The highest BCUT2D eigenvalue weighted by molar-refractivity contribution is 5.00. The van der Waals surface area contributed by atoms with E-state index in [1.807, 2.05) is 12.4 Å². The summed E-state index contributed by atoms with van der Waals surface area (Å²) in [6, 6.07) is 0.534. The fourth-order valence-corrected chi connectivity index (χ4v) is 3.23. The second-order valence-electron chi connectivity index (χ2n) is 6.86. The van der Waals surface area contributed by atoms with Crippen LogP contribution in [0, 0.1) is 0 Å². The van der Waals surface area contributed by atoms with E-state index in [1.165, 1.54) is 19.3 Å². The number of aryl methyl sites for hydroxylation is 1.